The lowest BCUT2D eigenvalue weighted by Gasteiger charge is -2.41. The summed E-state index contributed by atoms with van der Waals surface area (Å²) in [4.78, 5) is 25.9. The van der Waals surface area contributed by atoms with Crippen LogP contribution < -0.4 is 15.4 Å². The van der Waals surface area contributed by atoms with Gasteiger partial charge in [-0.25, -0.2) is 0 Å². The summed E-state index contributed by atoms with van der Waals surface area (Å²) in [7, 11) is 0. The first-order valence-electron chi connectivity index (χ1n) is 8.57. The Balaban J connectivity index is 1.62. The maximum atomic E-state index is 12.4. The SMILES string of the molecule is CC1(C)CNC(=O)CN1CC(=O)Nc1cccc(Oc2ccccc2)c1. The summed E-state index contributed by atoms with van der Waals surface area (Å²) in [5.41, 5.74) is 0.395. The van der Waals surface area contributed by atoms with Crippen LogP contribution in [-0.4, -0.2) is 41.9 Å². The molecular weight excluding hydrogens is 330 g/mol. The number of rotatable bonds is 5. The highest BCUT2D eigenvalue weighted by Gasteiger charge is 2.34. The highest BCUT2D eigenvalue weighted by molar-refractivity contribution is 5.93. The third-order valence-corrected chi connectivity index (χ3v) is 4.34. The van der Waals surface area contributed by atoms with Crippen molar-refractivity contribution in [3.05, 3.63) is 54.6 Å². The monoisotopic (exact) mass is 353 g/mol. The zero-order valence-electron chi connectivity index (χ0n) is 15.0. The molecule has 1 saturated heterocycles. The van der Waals surface area contributed by atoms with E-state index >= 15 is 0 Å². The van der Waals surface area contributed by atoms with Crippen LogP contribution in [0.15, 0.2) is 54.6 Å². The van der Waals surface area contributed by atoms with Gasteiger partial charge in [0.15, 0.2) is 0 Å². The Morgan fingerprint density at radius 3 is 2.65 bits per heavy atom. The maximum Gasteiger partial charge on any atom is 0.238 e. The van der Waals surface area contributed by atoms with E-state index in [2.05, 4.69) is 10.6 Å². The molecule has 3 rings (SSSR count). The molecule has 1 aliphatic heterocycles. The van der Waals surface area contributed by atoms with Crippen LogP contribution in [0, 0.1) is 0 Å². The van der Waals surface area contributed by atoms with Crippen molar-refractivity contribution in [2.75, 3.05) is 25.0 Å². The third-order valence-electron chi connectivity index (χ3n) is 4.34. The van der Waals surface area contributed by atoms with Gasteiger partial charge >= 0.3 is 0 Å². The normalized spacial score (nSPS) is 16.6. The van der Waals surface area contributed by atoms with Crippen LogP contribution in [0.1, 0.15) is 13.8 Å². The number of nitrogens with zero attached hydrogens (tertiary/aromatic N) is 1. The molecule has 1 fully saturated rings. The molecule has 1 aliphatic rings. The molecular formula is C20H23N3O3. The Kier molecular flexibility index (Phi) is 5.23. The number of benzene rings is 2. The van der Waals surface area contributed by atoms with Gasteiger partial charge < -0.3 is 15.4 Å². The molecule has 26 heavy (non-hydrogen) atoms. The quantitative estimate of drug-likeness (QED) is 0.867. The average molecular weight is 353 g/mol. The Labute approximate surface area is 153 Å². The number of hydrogen-bond acceptors (Lipinski definition) is 4. The molecule has 6 heteroatoms. The molecule has 0 radical (unpaired) electrons. The lowest BCUT2D eigenvalue weighted by molar-refractivity contribution is -0.129. The average Bonchev–Trinajstić information content (AvgIpc) is 2.60. The van der Waals surface area contributed by atoms with E-state index < -0.39 is 0 Å². The summed E-state index contributed by atoms with van der Waals surface area (Å²) in [6.07, 6.45) is 0. The molecule has 2 N–H and O–H groups in total. The van der Waals surface area contributed by atoms with E-state index in [1.54, 1.807) is 6.07 Å². The van der Waals surface area contributed by atoms with E-state index in [4.69, 9.17) is 4.74 Å². The minimum Gasteiger partial charge on any atom is -0.457 e. The number of hydrogen-bond donors (Lipinski definition) is 2. The van der Waals surface area contributed by atoms with Crippen molar-refractivity contribution in [2.45, 2.75) is 19.4 Å². The molecule has 0 aromatic heterocycles. The topological polar surface area (TPSA) is 70.7 Å². The van der Waals surface area contributed by atoms with Crippen molar-refractivity contribution in [2.24, 2.45) is 0 Å². The van der Waals surface area contributed by atoms with Crippen LogP contribution in [-0.2, 0) is 9.59 Å². The van der Waals surface area contributed by atoms with Gasteiger partial charge in [-0.2, -0.15) is 0 Å². The van der Waals surface area contributed by atoms with E-state index in [9.17, 15) is 9.59 Å². The highest BCUT2D eigenvalue weighted by atomic mass is 16.5. The smallest absolute Gasteiger partial charge is 0.238 e. The fraction of sp³-hybridized carbons (Fsp3) is 0.300. The number of nitrogens with one attached hydrogen (secondary N) is 2. The summed E-state index contributed by atoms with van der Waals surface area (Å²) in [6.45, 7) is 4.92. The van der Waals surface area contributed by atoms with Crippen molar-refractivity contribution in [3.63, 3.8) is 0 Å². The van der Waals surface area contributed by atoms with Gasteiger partial charge in [0.05, 0.1) is 13.1 Å². The van der Waals surface area contributed by atoms with Crippen molar-refractivity contribution < 1.29 is 14.3 Å². The van der Waals surface area contributed by atoms with Gasteiger partial charge in [-0.15, -0.1) is 0 Å². The van der Waals surface area contributed by atoms with Crippen molar-refractivity contribution >= 4 is 17.5 Å². The second-order valence-corrected chi connectivity index (χ2v) is 6.94. The number of carbonyl (C=O) groups is 2. The first kappa shape index (κ1) is 17.9. The van der Waals surface area contributed by atoms with Gasteiger partial charge in [0, 0.05) is 23.8 Å². The molecule has 0 unspecified atom stereocenters. The van der Waals surface area contributed by atoms with Crippen LogP contribution >= 0.6 is 0 Å². The molecule has 2 aromatic rings. The van der Waals surface area contributed by atoms with E-state index in [1.807, 2.05) is 67.3 Å². The standard InChI is InChI=1S/C20H23N3O3/c1-20(2)14-21-18(24)12-23(20)13-19(25)22-15-7-6-10-17(11-15)26-16-8-4-3-5-9-16/h3-11H,12-14H2,1-2H3,(H,21,24)(H,22,25). The Hall–Kier alpha value is -2.86. The molecule has 2 aromatic carbocycles. The van der Waals surface area contributed by atoms with Crippen LogP contribution in [0.4, 0.5) is 5.69 Å². The van der Waals surface area contributed by atoms with Crippen molar-refractivity contribution in [1.29, 1.82) is 0 Å². The van der Waals surface area contributed by atoms with Crippen LogP contribution in [0.25, 0.3) is 0 Å². The molecule has 0 bridgehead atoms. The summed E-state index contributed by atoms with van der Waals surface area (Å²) < 4.78 is 5.78. The number of anilines is 1. The third kappa shape index (κ3) is 4.61. The number of para-hydroxylation sites is 1. The van der Waals surface area contributed by atoms with Crippen LogP contribution in [0.5, 0.6) is 11.5 Å². The fourth-order valence-corrected chi connectivity index (χ4v) is 2.78. The lowest BCUT2D eigenvalue weighted by atomic mass is 10.00. The van der Waals surface area contributed by atoms with Crippen LogP contribution in [0.2, 0.25) is 0 Å². The predicted molar refractivity (Wildman–Crippen MR) is 100 cm³/mol. The van der Waals surface area contributed by atoms with E-state index in [0.717, 1.165) is 5.75 Å². The minimum atomic E-state index is -0.260. The molecule has 0 spiro atoms. The molecule has 0 saturated carbocycles. The Morgan fingerprint density at radius 2 is 1.88 bits per heavy atom. The molecule has 0 atom stereocenters. The lowest BCUT2D eigenvalue weighted by Crippen LogP contribution is -2.61. The molecule has 136 valence electrons. The second-order valence-electron chi connectivity index (χ2n) is 6.94. The first-order valence-corrected chi connectivity index (χ1v) is 8.57. The van der Waals surface area contributed by atoms with Gasteiger partial charge in [-0.1, -0.05) is 24.3 Å². The Bertz CT molecular complexity index is 790. The molecule has 1 heterocycles. The van der Waals surface area contributed by atoms with Crippen LogP contribution in [0.3, 0.4) is 0 Å². The first-order chi connectivity index (χ1) is 12.4. The maximum absolute atomic E-state index is 12.4. The minimum absolute atomic E-state index is 0.0598. The summed E-state index contributed by atoms with van der Waals surface area (Å²) in [5, 5.41) is 5.70. The second kappa shape index (κ2) is 7.58. The molecule has 0 aliphatic carbocycles. The Morgan fingerprint density at radius 1 is 1.15 bits per heavy atom. The zero-order chi connectivity index (χ0) is 18.6. The van der Waals surface area contributed by atoms with Gasteiger partial charge in [-0.05, 0) is 38.1 Å². The predicted octanol–water partition coefficient (Wildman–Crippen LogP) is 2.63. The van der Waals surface area contributed by atoms with Gasteiger partial charge in [-0.3, -0.25) is 14.5 Å². The summed E-state index contributed by atoms with van der Waals surface area (Å²) in [6, 6.07) is 16.7. The van der Waals surface area contributed by atoms with E-state index in [-0.39, 0.29) is 30.4 Å². The highest BCUT2D eigenvalue weighted by Crippen LogP contribution is 2.24. The number of piperazine rings is 1. The number of ether oxygens (including phenoxy) is 1. The van der Waals surface area contributed by atoms with Crippen molar-refractivity contribution in [1.82, 2.24) is 10.2 Å². The molecule has 6 nitrogen and oxygen atoms in total. The summed E-state index contributed by atoms with van der Waals surface area (Å²) >= 11 is 0. The van der Waals surface area contributed by atoms with E-state index in [1.165, 1.54) is 0 Å². The zero-order valence-corrected chi connectivity index (χ0v) is 15.0. The van der Waals surface area contributed by atoms with Gasteiger partial charge in [0.25, 0.3) is 0 Å². The number of carbonyl (C=O) groups excluding carboxylic acids is 2. The molecule has 2 amide bonds. The van der Waals surface area contributed by atoms with Gasteiger partial charge in [0.1, 0.15) is 11.5 Å². The van der Waals surface area contributed by atoms with E-state index in [0.29, 0.717) is 18.0 Å². The van der Waals surface area contributed by atoms with Crippen molar-refractivity contribution in [3.8, 4) is 11.5 Å². The largest absolute Gasteiger partial charge is 0.457 e. The summed E-state index contributed by atoms with van der Waals surface area (Å²) in [5.74, 6) is 1.16. The fourth-order valence-electron chi connectivity index (χ4n) is 2.78. The number of amides is 2. The van der Waals surface area contributed by atoms with Gasteiger partial charge in [0.2, 0.25) is 11.8 Å².